The monoisotopic (exact) mass is 320 g/mol. The Morgan fingerprint density at radius 2 is 2.11 bits per heavy atom. The topological polar surface area (TPSA) is 87.7 Å². The van der Waals surface area contributed by atoms with Gasteiger partial charge in [-0.1, -0.05) is 0 Å². The molecule has 0 aliphatic rings. The quantitative estimate of drug-likeness (QED) is 0.831. The number of amides is 1. The fraction of sp³-hybridized carbons (Fsp3) is 0.182. The highest BCUT2D eigenvalue weighted by molar-refractivity contribution is 9.10. The zero-order valence-electron chi connectivity index (χ0n) is 10.2. The lowest BCUT2D eigenvalue weighted by Gasteiger charge is -2.11. The lowest BCUT2D eigenvalue weighted by atomic mass is 10.4. The average Bonchev–Trinajstić information content (AvgIpc) is 2.80. The normalized spacial score (nSPS) is 10.0. The number of carbonyl (C=O) groups excluding carboxylic acids is 1. The van der Waals surface area contributed by atoms with Gasteiger partial charge in [0.05, 0.1) is 24.3 Å². The third kappa shape index (κ3) is 2.61. The molecule has 0 saturated heterocycles. The van der Waals surface area contributed by atoms with Crippen LogP contribution in [-0.4, -0.2) is 32.7 Å². The molecular weight excluding hydrogens is 312 g/mol. The Kier molecular flexibility index (Phi) is 3.57. The molecule has 2 aromatic rings. The second-order valence-electron chi connectivity index (χ2n) is 3.70. The van der Waals surface area contributed by atoms with Gasteiger partial charge in [0.25, 0.3) is 0 Å². The lowest BCUT2D eigenvalue weighted by molar-refractivity contribution is -0.116. The van der Waals surface area contributed by atoms with Crippen LogP contribution in [0.3, 0.4) is 0 Å². The van der Waals surface area contributed by atoms with Gasteiger partial charge >= 0.3 is 0 Å². The molecule has 0 aromatic carbocycles. The number of hydrogen-bond acceptors (Lipinski definition) is 5. The van der Waals surface area contributed by atoms with E-state index in [2.05, 4.69) is 31.0 Å². The number of halogens is 1. The van der Waals surface area contributed by atoms with Gasteiger partial charge in [-0.15, -0.1) is 0 Å². The molecule has 7 nitrogen and oxygen atoms in total. The van der Waals surface area contributed by atoms with E-state index in [1.54, 1.807) is 13.2 Å². The second-order valence-corrected chi connectivity index (χ2v) is 4.46. The number of rotatable bonds is 2. The first-order chi connectivity index (χ1) is 9.02. The van der Waals surface area contributed by atoms with E-state index in [0.717, 1.165) is 0 Å². The van der Waals surface area contributed by atoms with Gasteiger partial charge in [0, 0.05) is 14.0 Å². The summed E-state index contributed by atoms with van der Waals surface area (Å²) in [6.07, 6.45) is 4.65. The standard InChI is InChI=1S/C11H9BrN6O/c1-7(19)17(2)9-6-18(16-11(9)12)8-4-14-10(3-13)15-5-8/h4-6H,1-2H3. The lowest BCUT2D eigenvalue weighted by Crippen LogP contribution is -2.22. The van der Waals surface area contributed by atoms with E-state index in [1.807, 2.05) is 6.07 Å². The van der Waals surface area contributed by atoms with Gasteiger partial charge in [0.1, 0.15) is 11.8 Å². The molecule has 96 valence electrons. The summed E-state index contributed by atoms with van der Waals surface area (Å²) in [5.41, 5.74) is 1.24. The first kappa shape index (κ1) is 13.2. The molecule has 0 radical (unpaired) electrons. The molecule has 0 fully saturated rings. The van der Waals surface area contributed by atoms with Crippen molar-refractivity contribution in [1.29, 1.82) is 5.26 Å². The summed E-state index contributed by atoms with van der Waals surface area (Å²) in [7, 11) is 1.66. The Hall–Kier alpha value is -2.27. The molecule has 0 spiro atoms. The Balaban J connectivity index is 2.39. The van der Waals surface area contributed by atoms with Crippen LogP contribution in [0.15, 0.2) is 23.2 Å². The molecule has 0 unspecified atom stereocenters. The second kappa shape index (κ2) is 5.16. The van der Waals surface area contributed by atoms with Crippen molar-refractivity contribution in [2.75, 3.05) is 11.9 Å². The van der Waals surface area contributed by atoms with E-state index in [1.165, 1.54) is 28.9 Å². The van der Waals surface area contributed by atoms with Crippen molar-refractivity contribution in [3.63, 3.8) is 0 Å². The maximum absolute atomic E-state index is 11.3. The Bertz CT molecular complexity index is 657. The molecular formula is C11H9BrN6O. The number of carbonyl (C=O) groups is 1. The summed E-state index contributed by atoms with van der Waals surface area (Å²) in [4.78, 5) is 20.5. The molecule has 0 aliphatic heterocycles. The van der Waals surface area contributed by atoms with Crippen LogP contribution in [0.2, 0.25) is 0 Å². The van der Waals surface area contributed by atoms with Crippen LogP contribution in [0, 0.1) is 11.3 Å². The molecule has 2 heterocycles. The first-order valence-corrected chi connectivity index (χ1v) is 6.04. The highest BCUT2D eigenvalue weighted by atomic mass is 79.9. The predicted octanol–water partition coefficient (Wildman–Crippen LogP) is 1.28. The minimum absolute atomic E-state index is 0.0936. The SMILES string of the molecule is CC(=O)N(C)c1cn(-c2cnc(C#N)nc2)nc1Br. The Morgan fingerprint density at radius 1 is 1.47 bits per heavy atom. The maximum atomic E-state index is 11.3. The van der Waals surface area contributed by atoms with Gasteiger partial charge in [-0.05, 0) is 15.9 Å². The zero-order valence-corrected chi connectivity index (χ0v) is 11.8. The van der Waals surface area contributed by atoms with Gasteiger partial charge in [-0.2, -0.15) is 10.4 Å². The third-order valence-electron chi connectivity index (χ3n) is 2.49. The van der Waals surface area contributed by atoms with E-state index in [9.17, 15) is 4.79 Å². The highest BCUT2D eigenvalue weighted by Crippen LogP contribution is 2.25. The van der Waals surface area contributed by atoms with E-state index >= 15 is 0 Å². The summed E-state index contributed by atoms with van der Waals surface area (Å²) in [5.74, 6) is -0.00706. The van der Waals surface area contributed by atoms with Crippen LogP contribution in [0.1, 0.15) is 12.7 Å². The highest BCUT2D eigenvalue weighted by Gasteiger charge is 2.14. The van der Waals surface area contributed by atoms with Crippen molar-refractivity contribution in [2.45, 2.75) is 6.92 Å². The van der Waals surface area contributed by atoms with Gasteiger partial charge in [0.2, 0.25) is 11.7 Å². The largest absolute Gasteiger partial charge is 0.312 e. The molecule has 0 N–H and O–H groups in total. The van der Waals surface area contributed by atoms with Gasteiger partial charge in [-0.25, -0.2) is 14.6 Å². The minimum Gasteiger partial charge on any atom is -0.312 e. The van der Waals surface area contributed by atoms with Gasteiger partial charge in [0.15, 0.2) is 4.60 Å². The zero-order chi connectivity index (χ0) is 14.0. The van der Waals surface area contributed by atoms with Gasteiger partial charge < -0.3 is 4.90 Å². The van der Waals surface area contributed by atoms with E-state index in [-0.39, 0.29) is 11.7 Å². The Labute approximate surface area is 117 Å². The predicted molar refractivity (Wildman–Crippen MR) is 70.7 cm³/mol. The number of anilines is 1. The summed E-state index contributed by atoms with van der Waals surface area (Å²) >= 11 is 3.29. The number of nitriles is 1. The van der Waals surface area contributed by atoms with E-state index in [0.29, 0.717) is 16.0 Å². The summed E-state index contributed by atoms with van der Waals surface area (Å²) < 4.78 is 2.06. The molecule has 0 bridgehead atoms. The van der Waals surface area contributed by atoms with Crippen LogP contribution < -0.4 is 4.90 Å². The van der Waals surface area contributed by atoms with Crippen molar-refractivity contribution in [2.24, 2.45) is 0 Å². The number of nitrogens with zero attached hydrogens (tertiary/aromatic N) is 6. The van der Waals surface area contributed by atoms with Crippen LogP contribution in [-0.2, 0) is 4.79 Å². The van der Waals surface area contributed by atoms with Gasteiger partial charge in [-0.3, -0.25) is 4.79 Å². The molecule has 8 heteroatoms. The molecule has 19 heavy (non-hydrogen) atoms. The molecule has 0 saturated carbocycles. The van der Waals surface area contributed by atoms with Crippen molar-refractivity contribution in [3.05, 3.63) is 29.0 Å². The molecule has 2 aromatic heterocycles. The smallest absolute Gasteiger partial charge is 0.232 e. The van der Waals surface area contributed by atoms with Crippen LogP contribution in [0.25, 0.3) is 5.69 Å². The number of hydrogen-bond donors (Lipinski definition) is 0. The van der Waals surface area contributed by atoms with E-state index in [4.69, 9.17) is 5.26 Å². The summed E-state index contributed by atoms with van der Waals surface area (Å²) in [6.45, 7) is 1.47. The Morgan fingerprint density at radius 3 is 2.63 bits per heavy atom. The third-order valence-corrected chi connectivity index (χ3v) is 3.05. The number of aromatic nitrogens is 4. The van der Waals surface area contributed by atoms with Crippen molar-refractivity contribution in [3.8, 4) is 11.8 Å². The fourth-order valence-corrected chi connectivity index (χ4v) is 1.91. The molecule has 2 rings (SSSR count). The van der Waals surface area contributed by atoms with Crippen molar-refractivity contribution in [1.82, 2.24) is 19.7 Å². The molecule has 1 amide bonds. The maximum Gasteiger partial charge on any atom is 0.232 e. The molecule has 0 aliphatic carbocycles. The van der Waals surface area contributed by atoms with Crippen LogP contribution >= 0.6 is 15.9 Å². The van der Waals surface area contributed by atoms with E-state index < -0.39 is 0 Å². The van der Waals surface area contributed by atoms with Crippen molar-refractivity contribution >= 4 is 27.5 Å². The van der Waals surface area contributed by atoms with Crippen LogP contribution in [0.5, 0.6) is 0 Å². The van der Waals surface area contributed by atoms with Crippen molar-refractivity contribution < 1.29 is 4.79 Å². The molecule has 0 atom stereocenters. The summed E-state index contributed by atoms with van der Waals surface area (Å²) in [6, 6.07) is 1.84. The average molecular weight is 321 g/mol. The van der Waals surface area contributed by atoms with Crippen LogP contribution in [0.4, 0.5) is 5.69 Å². The fourth-order valence-electron chi connectivity index (χ4n) is 1.37. The summed E-state index contributed by atoms with van der Waals surface area (Å²) in [5, 5.41) is 12.8. The first-order valence-electron chi connectivity index (χ1n) is 5.25. The minimum atomic E-state index is -0.101.